The molecule has 1 saturated heterocycles. The van der Waals surface area contributed by atoms with E-state index >= 15 is 0 Å². The zero-order valence-electron chi connectivity index (χ0n) is 19.6. The second kappa shape index (κ2) is 10.9. The fourth-order valence-electron chi connectivity index (χ4n) is 4.79. The number of ether oxygens (including phenoxy) is 3. The molecule has 3 N–H and O–H groups in total. The number of alkyl carbamates (subject to hydrolysis) is 1. The zero-order chi connectivity index (χ0) is 24.8. The molecule has 0 saturated carbocycles. The fourth-order valence-corrected chi connectivity index (χ4v) is 4.79. The minimum Gasteiger partial charge on any atom is -0.480 e. The summed E-state index contributed by atoms with van der Waals surface area (Å²) in [5.41, 5.74) is 3.50. The number of hydrogen-bond donors (Lipinski definition) is 3. The summed E-state index contributed by atoms with van der Waals surface area (Å²) < 4.78 is 15.9. The highest BCUT2D eigenvalue weighted by atomic mass is 16.5. The molecule has 1 fully saturated rings. The number of amides is 2. The number of benzene rings is 2. The van der Waals surface area contributed by atoms with Crippen molar-refractivity contribution >= 4 is 18.0 Å². The number of carboxylic acid groups (broad SMARTS) is 1. The number of fused-ring (bicyclic) bond motifs is 3. The van der Waals surface area contributed by atoms with E-state index in [1.807, 2.05) is 36.4 Å². The molecular weight excluding hydrogens is 452 g/mol. The molecule has 35 heavy (non-hydrogen) atoms. The van der Waals surface area contributed by atoms with Gasteiger partial charge in [0.15, 0.2) is 6.04 Å². The number of carbonyl (C=O) groups excluding carboxylic acids is 2. The Kier molecular flexibility index (Phi) is 7.67. The van der Waals surface area contributed by atoms with Crippen LogP contribution in [0, 0.1) is 5.41 Å². The lowest BCUT2D eigenvalue weighted by molar-refractivity contribution is -0.147. The van der Waals surface area contributed by atoms with E-state index in [0.29, 0.717) is 26.1 Å². The van der Waals surface area contributed by atoms with Crippen LogP contribution in [0.5, 0.6) is 0 Å². The fraction of sp³-hybridized carbons (Fsp3) is 0.423. The molecule has 2 amide bonds. The average Bonchev–Trinajstić information content (AvgIpc) is 3.20. The lowest BCUT2D eigenvalue weighted by Gasteiger charge is -2.36. The van der Waals surface area contributed by atoms with Crippen LogP contribution >= 0.6 is 0 Å². The van der Waals surface area contributed by atoms with Gasteiger partial charge in [-0.05, 0) is 35.1 Å². The van der Waals surface area contributed by atoms with Crippen LogP contribution in [0.2, 0.25) is 0 Å². The summed E-state index contributed by atoms with van der Waals surface area (Å²) in [7, 11) is 1.37. The molecule has 9 nitrogen and oxygen atoms in total. The third kappa shape index (κ3) is 5.31. The Bertz CT molecular complexity index is 1040. The number of aliphatic carboxylic acids is 1. The maximum Gasteiger partial charge on any atom is 0.407 e. The number of rotatable bonds is 9. The number of carboxylic acids is 1. The van der Waals surface area contributed by atoms with Crippen molar-refractivity contribution in [3.05, 3.63) is 59.7 Å². The molecule has 1 heterocycles. The molecular formula is C26H30N2O7. The summed E-state index contributed by atoms with van der Waals surface area (Å²) in [4.78, 5) is 37.2. The highest BCUT2D eigenvalue weighted by molar-refractivity contribution is 5.88. The highest BCUT2D eigenvalue weighted by Gasteiger charge is 2.42. The number of hydrogen-bond acceptors (Lipinski definition) is 6. The van der Waals surface area contributed by atoms with E-state index < -0.39 is 29.4 Å². The van der Waals surface area contributed by atoms with Crippen LogP contribution in [0.15, 0.2) is 48.5 Å². The van der Waals surface area contributed by atoms with Crippen LogP contribution in [0.4, 0.5) is 4.79 Å². The van der Waals surface area contributed by atoms with Gasteiger partial charge in [-0.3, -0.25) is 4.79 Å². The van der Waals surface area contributed by atoms with E-state index in [0.717, 1.165) is 22.3 Å². The van der Waals surface area contributed by atoms with Gasteiger partial charge >= 0.3 is 12.1 Å². The molecule has 1 unspecified atom stereocenters. The lowest BCUT2D eigenvalue weighted by Crippen LogP contribution is -2.55. The van der Waals surface area contributed by atoms with Gasteiger partial charge in [-0.25, -0.2) is 9.59 Å². The molecule has 0 aromatic heterocycles. The van der Waals surface area contributed by atoms with Gasteiger partial charge in [-0.2, -0.15) is 0 Å². The first-order valence-corrected chi connectivity index (χ1v) is 11.6. The van der Waals surface area contributed by atoms with Gasteiger partial charge in [0.05, 0.1) is 12.0 Å². The molecule has 1 atom stereocenters. The standard InChI is InChI=1S/C26H30N2O7/c1-33-15-22(23(29)30)28-24(31)26(10-12-34-13-11-26)16-27-25(32)35-14-21-19-8-4-2-6-17(19)18-7-3-5-9-20(18)21/h2-9,21-22H,10-16H2,1H3,(H,27,32)(H,28,31)(H,29,30). The summed E-state index contributed by atoms with van der Waals surface area (Å²) >= 11 is 0. The monoisotopic (exact) mass is 482 g/mol. The van der Waals surface area contributed by atoms with Crippen molar-refractivity contribution in [1.82, 2.24) is 10.6 Å². The van der Waals surface area contributed by atoms with Gasteiger partial charge < -0.3 is 30.0 Å². The Morgan fingerprint density at radius 3 is 2.23 bits per heavy atom. The molecule has 186 valence electrons. The Balaban J connectivity index is 1.39. The van der Waals surface area contributed by atoms with Gasteiger partial charge in [0.1, 0.15) is 6.61 Å². The third-order valence-corrected chi connectivity index (χ3v) is 6.78. The first-order chi connectivity index (χ1) is 16.9. The quantitative estimate of drug-likeness (QED) is 0.502. The normalized spacial score (nSPS) is 17.1. The minimum absolute atomic E-state index is 0.0121. The molecule has 1 aliphatic carbocycles. The lowest BCUT2D eigenvalue weighted by atomic mass is 9.79. The van der Waals surface area contributed by atoms with Gasteiger partial charge in [-0.15, -0.1) is 0 Å². The average molecular weight is 483 g/mol. The number of methoxy groups -OCH3 is 1. The van der Waals surface area contributed by atoms with Crippen molar-refractivity contribution in [1.29, 1.82) is 0 Å². The largest absolute Gasteiger partial charge is 0.480 e. The van der Waals surface area contributed by atoms with Crippen molar-refractivity contribution in [2.24, 2.45) is 5.41 Å². The van der Waals surface area contributed by atoms with E-state index in [-0.39, 0.29) is 25.7 Å². The third-order valence-electron chi connectivity index (χ3n) is 6.78. The summed E-state index contributed by atoms with van der Waals surface area (Å²) in [6.45, 7) is 0.687. The SMILES string of the molecule is COCC(NC(=O)C1(CNC(=O)OCC2c3ccccc3-c3ccccc32)CCOCC1)C(=O)O. The van der Waals surface area contributed by atoms with Gasteiger partial charge in [-0.1, -0.05) is 48.5 Å². The topological polar surface area (TPSA) is 123 Å². The van der Waals surface area contributed by atoms with Crippen LogP contribution in [0.1, 0.15) is 29.9 Å². The zero-order valence-corrected chi connectivity index (χ0v) is 19.6. The van der Waals surface area contributed by atoms with Crippen molar-refractivity contribution in [3.8, 4) is 11.1 Å². The molecule has 0 spiro atoms. The summed E-state index contributed by atoms with van der Waals surface area (Å²) in [6.07, 6.45) is 0.0704. The molecule has 2 aromatic rings. The number of nitrogens with one attached hydrogen (secondary N) is 2. The Morgan fingerprint density at radius 1 is 1.06 bits per heavy atom. The molecule has 4 rings (SSSR count). The van der Waals surface area contributed by atoms with Gasteiger partial charge in [0.25, 0.3) is 0 Å². The van der Waals surface area contributed by atoms with E-state index in [2.05, 4.69) is 22.8 Å². The molecule has 0 bridgehead atoms. The van der Waals surface area contributed by atoms with E-state index in [1.165, 1.54) is 7.11 Å². The van der Waals surface area contributed by atoms with Gasteiger partial charge in [0.2, 0.25) is 5.91 Å². The Hall–Kier alpha value is -3.43. The highest BCUT2D eigenvalue weighted by Crippen LogP contribution is 2.44. The molecule has 9 heteroatoms. The predicted octanol–water partition coefficient (Wildman–Crippen LogP) is 2.54. The van der Waals surface area contributed by atoms with Crippen LogP contribution in [-0.4, -0.2) is 69.2 Å². The smallest absolute Gasteiger partial charge is 0.407 e. The molecule has 2 aromatic carbocycles. The minimum atomic E-state index is -1.19. The Morgan fingerprint density at radius 2 is 1.66 bits per heavy atom. The van der Waals surface area contributed by atoms with Crippen LogP contribution in [0.3, 0.4) is 0 Å². The maximum absolute atomic E-state index is 13.1. The van der Waals surface area contributed by atoms with Crippen LogP contribution < -0.4 is 10.6 Å². The Labute approximate surface area is 203 Å². The van der Waals surface area contributed by atoms with Crippen molar-refractivity contribution < 1.29 is 33.7 Å². The second-order valence-electron chi connectivity index (χ2n) is 8.89. The van der Waals surface area contributed by atoms with E-state index in [1.54, 1.807) is 0 Å². The number of carbonyl (C=O) groups is 3. The first-order valence-electron chi connectivity index (χ1n) is 11.6. The summed E-state index contributed by atoms with van der Waals surface area (Å²) in [5, 5.41) is 14.6. The summed E-state index contributed by atoms with van der Waals surface area (Å²) in [6, 6.07) is 15.0. The summed E-state index contributed by atoms with van der Waals surface area (Å²) in [5.74, 6) is -1.71. The van der Waals surface area contributed by atoms with E-state index in [4.69, 9.17) is 14.2 Å². The molecule has 1 aliphatic heterocycles. The second-order valence-corrected chi connectivity index (χ2v) is 8.89. The van der Waals surface area contributed by atoms with Crippen LogP contribution in [0.25, 0.3) is 11.1 Å². The van der Waals surface area contributed by atoms with Crippen molar-refractivity contribution in [3.63, 3.8) is 0 Å². The first kappa shape index (κ1) is 24.7. The van der Waals surface area contributed by atoms with E-state index in [9.17, 15) is 19.5 Å². The molecule has 0 radical (unpaired) electrons. The predicted molar refractivity (Wildman–Crippen MR) is 127 cm³/mol. The molecule has 2 aliphatic rings. The maximum atomic E-state index is 13.1. The van der Waals surface area contributed by atoms with Crippen LogP contribution in [-0.2, 0) is 23.8 Å². The van der Waals surface area contributed by atoms with Crippen molar-refractivity contribution in [2.45, 2.75) is 24.8 Å². The van der Waals surface area contributed by atoms with Crippen molar-refractivity contribution in [2.75, 3.05) is 40.1 Å². The van der Waals surface area contributed by atoms with Gasteiger partial charge in [0, 0.05) is 32.8 Å².